The van der Waals surface area contributed by atoms with Crippen LogP contribution in [-0.4, -0.2) is 6.04 Å². The molecule has 0 radical (unpaired) electrons. The molecule has 0 fully saturated rings. The molecule has 2 heteroatoms. The Morgan fingerprint density at radius 3 is 2.87 bits per heavy atom. The summed E-state index contributed by atoms with van der Waals surface area (Å²) in [6.45, 7) is 5.34. The third-order valence-corrected chi connectivity index (χ3v) is 2.70. The summed E-state index contributed by atoms with van der Waals surface area (Å²) in [5.41, 5.74) is 0. The fourth-order valence-corrected chi connectivity index (χ4v) is 1.67. The summed E-state index contributed by atoms with van der Waals surface area (Å²) >= 11 is 0. The summed E-state index contributed by atoms with van der Waals surface area (Å²) in [5.74, 6) is 1.02. The maximum Gasteiger partial charge on any atom is 0.117 e. The third-order valence-electron chi connectivity index (χ3n) is 2.70. The van der Waals surface area contributed by atoms with Crippen LogP contribution < -0.4 is 5.32 Å². The fourth-order valence-electron chi connectivity index (χ4n) is 1.67. The lowest BCUT2D eigenvalue weighted by Gasteiger charge is -2.12. The minimum absolute atomic E-state index is 0.590. The first-order chi connectivity index (χ1) is 7.33. The minimum atomic E-state index is 0.590. The molecule has 0 spiro atoms. The van der Waals surface area contributed by atoms with Crippen LogP contribution >= 0.6 is 0 Å². The second kappa shape index (κ2) is 7.52. The second-order valence-corrected chi connectivity index (χ2v) is 4.21. The van der Waals surface area contributed by atoms with Crippen molar-refractivity contribution >= 4 is 0 Å². The number of nitrogens with one attached hydrogen (secondary N) is 1. The zero-order valence-electron chi connectivity index (χ0n) is 9.96. The molecule has 0 aliphatic rings. The van der Waals surface area contributed by atoms with Crippen LogP contribution in [0, 0.1) is 0 Å². The molecule has 0 aliphatic heterocycles. The molecule has 0 amide bonds. The predicted octanol–water partition coefficient (Wildman–Crippen LogP) is 3.73. The Morgan fingerprint density at radius 2 is 2.20 bits per heavy atom. The van der Waals surface area contributed by atoms with Gasteiger partial charge in [0.25, 0.3) is 0 Å². The molecule has 1 N–H and O–H groups in total. The van der Waals surface area contributed by atoms with Crippen molar-refractivity contribution in [3.8, 4) is 0 Å². The van der Waals surface area contributed by atoms with Gasteiger partial charge < -0.3 is 9.73 Å². The number of furan rings is 1. The molecule has 86 valence electrons. The van der Waals surface area contributed by atoms with E-state index >= 15 is 0 Å². The van der Waals surface area contributed by atoms with Gasteiger partial charge in [0.1, 0.15) is 5.76 Å². The zero-order chi connectivity index (χ0) is 10.9. The van der Waals surface area contributed by atoms with Crippen LogP contribution in [0.4, 0.5) is 0 Å². The van der Waals surface area contributed by atoms with Gasteiger partial charge in [-0.1, -0.05) is 32.6 Å². The average Bonchev–Trinajstić information content (AvgIpc) is 2.74. The van der Waals surface area contributed by atoms with E-state index in [9.17, 15) is 0 Å². The third kappa shape index (κ3) is 5.63. The highest BCUT2D eigenvalue weighted by Gasteiger charge is 2.02. The Morgan fingerprint density at radius 1 is 1.33 bits per heavy atom. The van der Waals surface area contributed by atoms with Crippen LogP contribution in [0.15, 0.2) is 22.8 Å². The summed E-state index contributed by atoms with van der Waals surface area (Å²) in [7, 11) is 0. The molecule has 1 heterocycles. The molecule has 1 unspecified atom stereocenters. The molecule has 0 aromatic carbocycles. The predicted molar refractivity (Wildman–Crippen MR) is 63.8 cm³/mol. The van der Waals surface area contributed by atoms with E-state index in [2.05, 4.69) is 19.2 Å². The van der Waals surface area contributed by atoms with Gasteiger partial charge in [0.2, 0.25) is 0 Å². The van der Waals surface area contributed by atoms with E-state index in [1.54, 1.807) is 6.26 Å². The lowest BCUT2D eigenvalue weighted by molar-refractivity contribution is 0.433. The minimum Gasteiger partial charge on any atom is -0.468 e. The Labute approximate surface area is 93.1 Å². The van der Waals surface area contributed by atoms with E-state index < -0.39 is 0 Å². The molecule has 15 heavy (non-hydrogen) atoms. The largest absolute Gasteiger partial charge is 0.468 e. The molecule has 0 bridgehead atoms. The number of hydrogen-bond acceptors (Lipinski definition) is 2. The maximum absolute atomic E-state index is 5.26. The fraction of sp³-hybridized carbons (Fsp3) is 0.692. The quantitative estimate of drug-likeness (QED) is 0.660. The van der Waals surface area contributed by atoms with Gasteiger partial charge in [-0.2, -0.15) is 0 Å². The van der Waals surface area contributed by atoms with Gasteiger partial charge in [-0.25, -0.2) is 0 Å². The summed E-state index contributed by atoms with van der Waals surface area (Å²) < 4.78 is 5.26. The van der Waals surface area contributed by atoms with Crippen LogP contribution in [-0.2, 0) is 6.54 Å². The van der Waals surface area contributed by atoms with Crippen molar-refractivity contribution in [2.24, 2.45) is 0 Å². The zero-order valence-corrected chi connectivity index (χ0v) is 9.96. The van der Waals surface area contributed by atoms with Gasteiger partial charge in [0.05, 0.1) is 12.8 Å². The van der Waals surface area contributed by atoms with Crippen molar-refractivity contribution in [1.82, 2.24) is 5.32 Å². The number of hydrogen-bond donors (Lipinski definition) is 1. The molecule has 1 aromatic rings. The SMILES string of the molecule is CCCCCCC(C)NCc1ccco1. The van der Waals surface area contributed by atoms with E-state index in [0.29, 0.717) is 6.04 Å². The van der Waals surface area contributed by atoms with Crippen LogP contribution in [0.1, 0.15) is 51.7 Å². The van der Waals surface area contributed by atoms with Crippen LogP contribution in [0.2, 0.25) is 0 Å². The normalized spacial score (nSPS) is 12.9. The van der Waals surface area contributed by atoms with Gasteiger partial charge in [0, 0.05) is 6.04 Å². The molecule has 1 atom stereocenters. The average molecular weight is 209 g/mol. The standard InChI is InChI=1S/C13H23NO/c1-3-4-5-6-8-12(2)14-11-13-9-7-10-15-13/h7,9-10,12,14H,3-6,8,11H2,1-2H3. The molecular weight excluding hydrogens is 186 g/mol. The Balaban J connectivity index is 2.01. The van der Waals surface area contributed by atoms with Crippen molar-refractivity contribution in [3.05, 3.63) is 24.2 Å². The first kappa shape index (κ1) is 12.3. The summed E-state index contributed by atoms with van der Waals surface area (Å²) in [4.78, 5) is 0. The monoisotopic (exact) mass is 209 g/mol. The molecular formula is C13H23NO. The number of rotatable bonds is 8. The van der Waals surface area contributed by atoms with E-state index in [1.165, 1.54) is 32.1 Å². The van der Waals surface area contributed by atoms with Gasteiger partial charge in [-0.3, -0.25) is 0 Å². The lowest BCUT2D eigenvalue weighted by atomic mass is 10.1. The summed E-state index contributed by atoms with van der Waals surface area (Å²) in [6, 6.07) is 4.53. The second-order valence-electron chi connectivity index (χ2n) is 4.21. The Kier molecular flexibility index (Phi) is 6.17. The molecule has 2 nitrogen and oxygen atoms in total. The van der Waals surface area contributed by atoms with Gasteiger partial charge in [-0.05, 0) is 25.5 Å². The Bertz CT molecular complexity index is 231. The van der Waals surface area contributed by atoms with Crippen LogP contribution in [0.25, 0.3) is 0 Å². The van der Waals surface area contributed by atoms with E-state index in [-0.39, 0.29) is 0 Å². The van der Waals surface area contributed by atoms with Gasteiger partial charge in [-0.15, -0.1) is 0 Å². The van der Waals surface area contributed by atoms with Crippen LogP contribution in [0.5, 0.6) is 0 Å². The summed E-state index contributed by atoms with van der Waals surface area (Å²) in [6.07, 6.45) is 8.37. The van der Waals surface area contributed by atoms with Crippen molar-refractivity contribution in [2.75, 3.05) is 0 Å². The molecule has 1 aromatic heterocycles. The molecule has 0 saturated carbocycles. The van der Waals surface area contributed by atoms with Gasteiger partial charge in [0.15, 0.2) is 0 Å². The first-order valence-electron chi connectivity index (χ1n) is 6.08. The van der Waals surface area contributed by atoms with Crippen LogP contribution in [0.3, 0.4) is 0 Å². The Hall–Kier alpha value is -0.760. The summed E-state index contributed by atoms with van der Waals surface area (Å²) in [5, 5.41) is 3.47. The first-order valence-corrected chi connectivity index (χ1v) is 6.08. The molecule has 1 rings (SSSR count). The van der Waals surface area contributed by atoms with Crippen molar-refractivity contribution < 1.29 is 4.42 Å². The smallest absolute Gasteiger partial charge is 0.117 e. The highest BCUT2D eigenvalue weighted by molar-refractivity contribution is 4.97. The van der Waals surface area contributed by atoms with Crippen molar-refractivity contribution in [1.29, 1.82) is 0 Å². The highest BCUT2D eigenvalue weighted by atomic mass is 16.3. The van der Waals surface area contributed by atoms with Crippen molar-refractivity contribution in [3.63, 3.8) is 0 Å². The topological polar surface area (TPSA) is 25.2 Å². The van der Waals surface area contributed by atoms with Gasteiger partial charge >= 0.3 is 0 Å². The van der Waals surface area contributed by atoms with E-state index in [0.717, 1.165) is 12.3 Å². The van der Waals surface area contributed by atoms with E-state index in [4.69, 9.17) is 4.42 Å². The lowest BCUT2D eigenvalue weighted by Crippen LogP contribution is -2.25. The van der Waals surface area contributed by atoms with Crippen molar-refractivity contribution in [2.45, 2.75) is 58.5 Å². The highest BCUT2D eigenvalue weighted by Crippen LogP contribution is 2.06. The molecule has 0 saturated heterocycles. The molecule has 0 aliphatic carbocycles. The number of unbranched alkanes of at least 4 members (excludes halogenated alkanes) is 3. The maximum atomic E-state index is 5.26. The van der Waals surface area contributed by atoms with E-state index in [1.807, 2.05) is 12.1 Å².